The molecule has 0 atom stereocenters. The fraction of sp³-hybridized carbons (Fsp3) is 0.500. The minimum absolute atomic E-state index is 0.0639. The van der Waals surface area contributed by atoms with E-state index in [0.29, 0.717) is 25.4 Å². The third-order valence-electron chi connectivity index (χ3n) is 5.08. The number of likely N-dealkylation sites (tertiary alicyclic amines) is 1. The summed E-state index contributed by atoms with van der Waals surface area (Å²) in [6.45, 7) is 1.28. The quantitative estimate of drug-likeness (QED) is 0.882. The van der Waals surface area contributed by atoms with E-state index in [0.717, 1.165) is 37.1 Å². The van der Waals surface area contributed by atoms with Gasteiger partial charge in [0.25, 0.3) is 0 Å². The number of rotatable bonds is 4. The van der Waals surface area contributed by atoms with E-state index in [-0.39, 0.29) is 23.4 Å². The van der Waals surface area contributed by atoms with Gasteiger partial charge in [-0.05, 0) is 43.4 Å². The normalized spacial score (nSPS) is 18.5. The van der Waals surface area contributed by atoms with Crippen LogP contribution in [0.1, 0.15) is 49.0 Å². The summed E-state index contributed by atoms with van der Waals surface area (Å²) < 4.78 is 1.58. The molecule has 7 heteroatoms. The van der Waals surface area contributed by atoms with E-state index in [1.807, 2.05) is 4.90 Å². The summed E-state index contributed by atoms with van der Waals surface area (Å²) in [4.78, 5) is 29.3. The molecule has 1 aliphatic carbocycles. The highest BCUT2D eigenvalue weighted by Crippen LogP contribution is 2.37. The Morgan fingerprint density at radius 2 is 1.84 bits per heavy atom. The lowest BCUT2D eigenvalue weighted by Gasteiger charge is -2.31. The van der Waals surface area contributed by atoms with Crippen molar-refractivity contribution < 1.29 is 9.90 Å². The van der Waals surface area contributed by atoms with Crippen LogP contribution in [0.25, 0.3) is 0 Å². The number of carbonyl (C=O) groups is 1. The lowest BCUT2D eigenvalue weighted by molar-refractivity contribution is -0.131. The van der Waals surface area contributed by atoms with Crippen molar-refractivity contribution in [2.24, 2.45) is 0 Å². The molecule has 1 saturated carbocycles. The maximum Gasteiger partial charge on any atom is 0.343 e. The van der Waals surface area contributed by atoms with Gasteiger partial charge in [0.05, 0.1) is 12.5 Å². The zero-order valence-corrected chi connectivity index (χ0v) is 14.0. The zero-order chi connectivity index (χ0) is 17.4. The molecule has 2 aromatic rings. The lowest BCUT2D eigenvalue weighted by Crippen LogP contribution is -2.41. The van der Waals surface area contributed by atoms with Gasteiger partial charge in [-0.25, -0.2) is 9.48 Å². The van der Waals surface area contributed by atoms with Gasteiger partial charge in [0.15, 0.2) is 0 Å². The summed E-state index contributed by atoms with van der Waals surface area (Å²) in [5.74, 6) is 1.53. The molecule has 0 bridgehead atoms. The molecule has 1 amide bonds. The van der Waals surface area contributed by atoms with E-state index in [2.05, 4.69) is 10.1 Å². The largest absolute Gasteiger partial charge is 0.508 e. The van der Waals surface area contributed by atoms with Gasteiger partial charge in [-0.1, -0.05) is 12.1 Å². The summed E-state index contributed by atoms with van der Waals surface area (Å²) >= 11 is 0. The molecule has 7 nitrogen and oxygen atoms in total. The van der Waals surface area contributed by atoms with Crippen LogP contribution in [-0.4, -0.2) is 43.8 Å². The van der Waals surface area contributed by atoms with Crippen molar-refractivity contribution in [3.05, 3.63) is 46.1 Å². The molecule has 2 aliphatic rings. The molecule has 2 heterocycles. The first kappa shape index (κ1) is 15.9. The number of nitrogens with one attached hydrogen (secondary N) is 1. The predicted octanol–water partition coefficient (Wildman–Crippen LogP) is 1.56. The number of hydrogen-bond donors (Lipinski definition) is 2. The van der Waals surface area contributed by atoms with Crippen molar-refractivity contribution in [2.75, 3.05) is 13.1 Å². The summed E-state index contributed by atoms with van der Waals surface area (Å²) in [6, 6.07) is 6.78. The van der Waals surface area contributed by atoms with Gasteiger partial charge < -0.3 is 10.0 Å². The van der Waals surface area contributed by atoms with E-state index in [1.54, 1.807) is 28.9 Å². The SMILES string of the molecule is O=C(Cc1ccc(O)cc1)N1CCC(n2nc(C3CC3)[nH]c2=O)CC1. The van der Waals surface area contributed by atoms with Crippen LogP contribution in [0.5, 0.6) is 5.75 Å². The first-order valence-electron chi connectivity index (χ1n) is 8.84. The molecule has 25 heavy (non-hydrogen) atoms. The molecule has 0 spiro atoms. The summed E-state index contributed by atoms with van der Waals surface area (Å²) in [5, 5.41) is 13.8. The van der Waals surface area contributed by atoms with Crippen LogP contribution in [-0.2, 0) is 11.2 Å². The second kappa shape index (κ2) is 6.38. The van der Waals surface area contributed by atoms with E-state index < -0.39 is 0 Å². The van der Waals surface area contributed by atoms with Gasteiger partial charge >= 0.3 is 5.69 Å². The maximum absolute atomic E-state index is 12.4. The van der Waals surface area contributed by atoms with E-state index in [1.165, 1.54) is 0 Å². The maximum atomic E-state index is 12.4. The number of benzene rings is 1. The highest BCUT2D eigenvalue weighted by atomic mass is 16.3. The molecule has 1 aromatic carbocycles. The number of H-pyrrole nitrogens is 1. The van der Waals surface area contributed by atoms with Crippen molar-refractivity contribution in [3.63, 3.8) is 0 Å². The van der Waals surface area contributed by atoms with Crippen molar-refractivity contribution in [1.82, 2.24) is 19.7 Å². The van der Waals surface area contributed by atoms with Gasteiger partial charge in [-0.15, -0.1) is 0 Å². The number of phenolic OH excluding ortho intramolecular Hbond substituents is 1. The van der Waals surface area contributed by atoms with Crippen molar-refractivity contribution in [3.8, 4) is 5.75 Å². The number of amides is 1. The molecule has 0 unspecified atom stereocenters. The second-order valence-corrected chi connectivity index (χ2v) is 6.99. The standard InChI is InChI=1S/C18H22N4O3/c23-15-5-1-12(2-6-15)11-16(24)21-9-7-14(8-10-21)22-18(25)19-17(20-22)13-3-4-13/h1-2,5-6,13-14,23H,3-4,7-11H2,(H,19,20,25). The Bertz CT molecular complexity index is 812. The molecule has 0 radical (unpaired) electrons. The highest BCUT2D eigenvalue weighted by Gasteiger charge is 2.30. The average molecular weight is 342 g/mol. The topological polar surface area (TPSA) is 91.2 Å². The molecule has 1 saturated heterocycles. The third kappa shape index (κ3) is 3.45. The van der Waals surface area contributed by atoms with Crippen LogP contribution in [0.2, 0.25) is 0 Å². The van der Waals surface area contributed by atoms with E-state index in [4.69, 9.17) is 0 Å². The molecule has 1 aromatic heterocycles. The Balaban J connectivity index is 1.35. The number of aromatic hydroxyl groups is 1. The highest BCUT2D eigenvalue weighted by molar-refractivity contribution is 5.78. The first-order valence-corrected chi connectivity index (χ1v) is 8.84. The Kier molecular flexibility index (Phi) is 4.07. The van der Waals surface area contributed by atoms with Crippen molar-refractivity contribution in [2.45, 2.75) is 44.1 Å². The lowest BCUT2D eigenvalue weighted by atomic mass is 10.0. The first-order chi connectivity index (χ1) is 12.1. The van der Waals surface area contributed by atoms with Crippen LogP contribution < -0.4 is 5.69 Å². The minimum atomic E-state index is -0.129. The number of nitrogens with zero attached hydrogens (tertiary/aromatic N) is 3. The van der Waals surface area contributed by atoms with Gasteiger partial charge in [0.1, 0.15) is 11.6 Å². The predicted molar refractivity (Wildman–Crippen MR) is 91.5 cm³/mol. The van der Waals surface area contributed by atoms with Gasteiger partial charge in [-0.3, -0.25) is 9.78 Å². The number of aromatic amines is 1. The molecule has 2 fully saturated rings. The number of carbonyl (C=O) groups excluding carboxylic acids is 1. The van der Waals surface area contributed by atoms with Crippen LogP contribution in [0.4, 0.5) is 0 Å². The van der Waals surface area contributed by atoms with Gasteiger partial charge in [-0.2, -0.15) is 5.10 Å². The fourth-order valence-electron chi connectivity index (χ4n) is 3.40. The number of piperidine rings is 1. The Labute approximate surface area is 145 Å². The third-order valence-corrected chi connectivity index (χ3v) is 5.08. The number of aromatic nitrogens is 3. The van der Waals surface area contributed by atoms with Crippen molar-refractivity contribution in [1.29, 1.82) is 0 Å². The van der Waals surface area contributed by atoms with Gasteiger partial charge in [0.2, 0.25) is 5.91 Å². The zero-order valence-electron chi connectivity index (χ0n) is 14.0. The molecule has 2 N–H and O–H groups in total. The monoisotopic (exact) mass is 342 g/mol. The number of hydrogen-bond acceptors (Lipinski definition) is 4. The summed E-state index contributed by atoms with van der Waals surface area (Å²) in [7, 11) is 0. The molecule has 1 aliphatic heterocycles. The number of phenols is 1. The van der Waals surface area contributed by atoms with Crippen molar-refractivity contribution >= 4 is 5.91 Å². The van der Waals surface area contributed by atoms with E-state index >= 15 is 0 Å². The van der Waals surface area contributed by atoms with E-state index in [9.17, 15) is 14.7 Å². The van der Waals surface area contributed by atoms with Crippen LogP contribution in [0.3, 0.4) is 0 Å². The minimum Gasteiger partial charge on any atom is -0.508 e. The Hall–Kier alpha value is -2.57. The van der Waals surface area contributed by atoms with Crippen LogP contribution >= 0.6 is 0 Å². The summed E-state index contributed by atoms with van der Waals surface area (Å²) in [5.41, 5.74) is 0.762. The van der Waals surface area contributed by atoms with Gasteiger partial charge in [0, 0.05) is 19.0 Å². The molecule has 4 rings (SSSR count). The summed E-state index contributed by atoms with van der Waals surface area (Å²) in [6.07, 6.45) is 4.04. The molecular weight excluding hydrogens is 320 g/mol. The average Bonchev–Trinajstić information content (AvgIpc) is 3.40. The van der Waals surface area contributed by atoms with Crippen LogP contribution in [0.15, 0.2) is 29.1 Å². The Morgan fingerprint density at radius 3 is 2.48 bits per heavy atom. The Morgan fingerprint density at radius 1 is 1.16 bits per heavy atom. The molecule has 132 valence electrons. The second-order valence-electron chi connectivity index (χ2n) is 6.99. The fourth-order valence-corrected chi connectivity index (χ4v) is 3.40. The van der Waals surface area contributed by atoms with Crippen LogP contribution in [0, 0.1) is 0 Å². The smallest absolute Gasteiger partial charge is 0.343 e. The molecular formula is C18H22N4O3.